The standard InChI is InChI=1S/C23H29N5O/c1-27-12-14-28(15-13-27)20-8-6-19(7-9-20)25-17-23(29)24-11-10-18-16-26-22-5-3-2-4-21(18)22/h2-9,16,25-26H,10-15,17H2,1H3,(H,24,29). The Bertz CT molecular complexity index is 941. The molecule has 1 aliphatic rings. The van der Waals surface area contributed by atoms with Gasteiger partial charge in [0.2, 0.25) is 5.91 Å². The Morgan fingerprint density at radius 3 is 2.59 bits per heavy atom. The normalized spacial score (nSPS) is 14.9. The molecule has 1 saturated heterocycles. The number of hydrogen-bond donors (Lipinski definition) is 3. The van der Waals surface area contributed by atoms with Crippen LogP contribution >= 0.6 is 0 Å². The Labute approximate surface area is 171 Å². The summed E-state index contributed by atoms with van der Waals surface area (Å²) in [7, 11) is 2.16. The van der Waals surface area contributed by atoms with Gasteiger partial charge in [0.05, 0.1) is 6.54 Å². The Hall–Kier alpha value is -2.99. The van der Waals surface area contributed by atoms with Gasteiger partial charge in [-0.1, -0.05) is 18.2 Å². The molecule has 152 valence electrons. The average molecular weight is 392 g/mol. The third-order valence-electron chi connectivity index (χ3n) is 5.58. The van der Waals surface area contributed by atoms with E-state index in [1.54, 1.807) is 0 Å². The molecule has 6 nitrogen and oxygen atoms in total. The molecular weight excluding hydrogens is 362 g/mol. The van der Waals surface area contributed by atoms with E-state index in [1.165, 1.54) is 16.6 Å². The number of amides is 1. The van der Waals surface area contributed by atoms with Gasteiger partial charge in [-0.15, -0.1) is 0 Å². The Balaban J connectivity index is 1.20. The fourth-order valence-corrected chi connectivity index (χ4v) is 3.77. The second kappa shape index (κ2) is 9.01. The number of piperazine rings is 1. The number of carbonyl (C=O) groups is 1. The number of fused-ring (bicyclic) bond motifs is 1. The molecule has 0 spiro atoms. The minimum absolute atomic E-state index is 0.00739. The molecule has 1 aliphatic heterocycles. The quantitative estimate of drug-likeness (QED) is 0.580. The summed E-state index contributed by atoms with van der Waals surface area (Å²) in [5.74, 6) is 0.00739. The molecule has 3 aromatic rings. The molecular formula is C23H29N5O. The van der Waals surface area contributed by atoms with Crippen LogP contribution in [0.3, 0.4) is 0 Å². The molecule has 1 amide bonds. The summed E-state index contributed by atoms with van der Waals surface area (Å²) in [6, 6.07) is 16.6. The topological polar surface area (TPSA) is 63.4 Å². The monoisotopic (exact) mass is 391 g/mol. The fourth-order valence-electron chi connectivity index (χ4n) is 3.77. The van der Waals surface area contributed by atoms with Gasteiger partial charge >= 0.3 is 0 Å². The molecule has 6 heteroatoms. The lowest BCUT2D eigenvalue weighted by Gasteiger charge is -2.34. The van der Waals surface area contributed by atoms with Gasteiger partial charge < -0.3 is 25.4 Å². The van der Waals surface area contributed by atoms with Crippen molar-refractivity contribution in [3.63, 3.8) is 0 Å². The van der Waals surface area contributed by atoms with Gasteiger partial charge in [0, 0.05) is 61.2 Å². The van der Waals surface area contributed by atoms with Crippen molar-refractivity contribution in [3.8, 4) is 0 Å². The molecule has 0 radical (unpaired) electrons. The zero-order valence-corrected chi connectivity index (χ0v) is 16.9. The molecule has 1 aromatic heterocycles. The summed E-state index contributed by atoms with van der Waals surface area (Å²) >= 11 is 0. The number of benzene rings is 2. The second-order valence-corrected chi connectivity index (χ2v) is 7.65. The zero-order chi connectivity index (χ0) is 20.1. The number of rotatable bonds is 7. The lowest BCUT2D eigenvalue weighted by Crippen LogP contribution is -2.44. The zero-order valence-electron chi connectivity index (χ0n) is 16.9. The van der Waals surface area contributed by atoms with E-state index in [0.717, 1.165) is 43.8 Å². The Morgan fingerprint density at radius 1 is 1.03 bits per heavy atom. The predicted octanol–water partition coefficient (Wildman–Crippen LogP) is 2.69. The predicted molar refractivity (Wildman–Crippen MR) is 120 cm³/mol. The second-order valence-electron chi connectivity index (χ2n) is 7.65. The number of hydrogen-bond acceptors (Lipinski definition) is 4. The summed E-state index contributed by atoms with van der Waals surface area (Å²) in [4.78, 5) is 20.2. The highest BCUT2D eigenvalue weighted by Gasteiger charge is 2.14. The van der Waals surface area contributed by atoms with Crippen molar-refractivity contribution in [1.29, 1.82) is 0 Å². The van der Waals surface area contributed by atoms with Crippen LogP contribution < -0.4 is 15.5 Å². The van der Waals surface area contributed by atoms with E-state index in [-0.39, 0.29) is 12.5 Å². The van der Waals surface area contributed by atoms with Crippen LogP contribution in [0.25, 0.3) is 10.9 Å². The third-order valence-corrected chi connectivity index (χ3v) is 5.58. The summed E-state index contributed by atoms with van der Waals surface area (Å²) in [5.41, 5.74) is 4.57. The van der Waals surface area contributed by atoms with E-state index in [0.29, 0.717) is 6.54 Å². The largest absolute Gasteiger partial charge is 0.376 e. The highest BCUT2D eigenvalue weighted by Crippen LogP contribution is 2.19. The van der Waals surface area contributed by atoms with Gasteiger partial charge in [0.15, 0.2) is 0 Å². The van der Waals surface area contributed by atoms with Crippen molar-refractivity contribution in [2.24, 2.45) is 0 Å². The maximum atomic E-state index is 12.2. The number of aromatic amines is 1. The minimum atomic E-state index is 0.00739. The maximum Gasteiger partial charge on any atom is 0.239 e. The van der Waals surface area contributed by atoms with Gasteiger partial charge in [-0.05, 0) is 49.4 Å². The fraction of sp³-hybridized carbons (Fsp3) is 0.348. The summed E-state index contributed by atoms with van der Waals surface area (Å²) in [5, 5.41) is 7.43. The molecule has 0 saturated carbocycles. The van der Waals surface area contributed by atoms with Gasteiger partial charge in [-0.25, -0.2) is 0 Å². The number of nitrogens with zero attached hydrogens (tertiary/aromatic N) is 2. The number of anilines is 2. The van der Waals surface area contributed by atoms with Crippen molar-refractivity contribution in [2.45, 2.75) is 6.42 Å². The number of H-pyrrole nitrogens is 1. The van der Waals surface area contributed by atoms with Crippen LogP contribution in [0.5, 0.6) is 0 Å². The molecule has 3 N–H and O–H groups in total. The van der Waals surface area contributed by atoms with Gasteiger partial charge in [-0.2, -0.15) is 0 Å². The average Bonchev–Trinajstić information content (AvgIpc) is 3.16. The number of aromatic nitrogens is 1. The highest BCUT2D eigenvalue weighted by atomic mass is 16.1. The third kappa shape index (κ3) is 4.90. The summed E-state index contributed by atoms with van der Waals surface area (Å²) in [6.45, 7) is 5.22. The summed E-state index contributed by atoms with van der Waals surface area (Å²) in [6.07, 6.45) is 2.84. The Kier molecular flexibility index (Phi) is 6.00. The molecule has 2 aromatic carbocycles. The molecule has 0 atom stereocenters. The van der Waals surface area contributed by atoms with E-state index in [1.807, 2.05) is 30.5 Å². The van der Waals surface area contributed by atoms with E-state index in [2.05, 4.69) is 56.7 Å². The molecule has 4 rings (SSSR count). The molecule has 0 aliphatic carbocycles. The van der Waals surface area contributed by atoms with Crippen LogP contribution in [0.1, 0.15) is 5.56 Å². The van der Waals surface area contributed by atoms with Gasteiger partial charge in [0.1, 0.15) is 0 Å². The first-order valence-corrected chi connectivity index (χ1v) is 10.3. The summed E-state index contributed by atoms with van der Waals surface area (Å²) < 4.78 is 0. The lowest BCUT2D eigenvalue weighted by atomic mass is 10.1. The van der Waals surface area contributed by atoms with Crippen molar-refractivity contribution in [2.75, 3.05) is 56.5 Å². The van der Waals surface area contributed by atoms with E-state index >= 15 is 0 Å². The number of para-hydroxylation sites is 1. The lowest BCUT2D eigenvalue weighted by molar-refractivity contribution is -0.119. The number of likely N-dealkylation sites (N-methyl/N-ethyl adjacent to an activating group) is 1. The van der Waals surface area contributed by atoms with Crippen molar-refractivity contribution >= 4 is 28.2 Å². The van der Waals surface area contributed by atoms with Crippen LogP contribution in [0.15, 0.2) is 54.7 Å². The number of carbonyl (C=O) groups excluding carboxylic acids is 1. The first-order valence-electron chi connectivity index (χ1n) is 10.3. The van der Waals surface area contributed by atoms with Crippen molar-refractivity contribution < 1.29 is 4.79 Å². The number of nitrogens with one attached hydrogen (secondary N) is 3. The molecule has 0 unspecified atom stereocenters. The van der Waals surface area contributed by atoms with Crippen molar-refractivity contribution in [3.05, 3.63) is 60.3 Å². The molecule has 0 bridgehead atoms. The molecule has 1 fully saturated rings. The first kappa shape index (κ1) is 19.3. The van der Waals surface area contributed by atoms with E-state index < -0.39 is 0 Å². The maximum absolute atomic E-state index is 12.2. The van der Waals surface area contributed by atoms with Gasteiger partial charge in [-0.3, -0.25) is 4.79 Å². The molecule has 2 heterocycles. The van der Waals surface area contributed by atoms with Gasteiger partial charge in [0.25, 0.3) is 0 Å². The van der Waals surface area contributed by atoms with Crippen LogP contribution in [0, 0.1) is 0 Å². The SMILES string of the molecule is CN1CCN(c2ccc(NCC(=O)NCCc3c[nH]c4ccccc34)cc2)CC1. The first-order chi connectivity index (χ1) is 14.2. The van der Waals surface area contributed by atoms with Crippen LogP contribution in [0.2, 0.25) is 0 Å². The smallest absolute Gasteiger partial charge is 0.239 e. The van der Waals surface area contributed by atoms with Crippen LogP contribution in [0.4, 0.5) is 11.4 Å². The minimum Gasteiger partial charge on any atom is -0.376 e. The van der Waals surface area contributed by atoms with Crippen molar-refractivity contribution in [1.82, 2.24) is 15.2 Å². The van der Waals surface area contributed by atoms with E-state index in [4.69, 9.17) is 0 Å². The van der Waals surface area contributed by atoms with Crippen LogP contribution in [-0.4, -0.2) is 62.1 Å². The molecule has 29 heavy (non-hydrogen) atoms. The Morgan fingerprint density at radius 2 is 1.79 bits per heavy atom. The highest BCUT2D eigenvalue weighted by molar-refractivity contribution is 5.83. The van der Waals surface area contributed by atoms with E-state index in [9.17, 15) is 4.79 Å². The van der Waals surface area contributed by atoms with Crippen LogP contribution in [-0.2, 0) is 11.2 Å².